The zero-order valence-corrected chi connectivity index (χ0v) is 15.5. The fourth-order valence-corrected chi connectivity index (χ4v) is 3.05. The fourth-order valence-electron chi connectivity index (χ4n) is 3.05. The van der Waals surface area contributed by atoms with Gasteiger partial charge in [0.15, 0.2) is 11.5 Å². The van der Waals surface area contributed by atoms with E-state index < -0.39 is 0 Å². The van der Waals surface area contributed by atoms with Crippen molar-refractivity contribution >= 4 is 5.91 Å². The number of hydrogen-bond donors (Lipinski definition) is 0. The van der Waals surface area contributed by atoms with Gasteiger partial charge in [0, 0.05) is 12.1 Å². The summed E-state index contributed by atoms with van der Waals surface area (Å²) in [5, 5.41) is 0. The van der Waals surface area contributed by atoms with Crippen LogP contribution in [0.1, 0.15) is 29.8 Å². The average Bonchev–Trinajstić information content (AvgIpc) is 2.66. The van der Waals surface area contributed by atoms with E-state index in [4.69, 9.17) is 14.2 Å². The van der Waals surface area contributed by atoms with Crippen LogP contribution >= 0.6 is 0 Å². The van der Waals surface area contributed by atoms with E-state index in [0.717, 1.165) is 5.56 Å². The van der Waals surface area contributed by atoms with E-state index in [1.807, 2.05) is 49.1 Å². The van der Waals surface area contributed by atoms with Crippen LogP contribution in [0.15, 0.2) is 48.5 Å². The molecule has 3 rings (SSSR count). The molecule has 138 valence electrons. The van der Waals surface area contributed by atoms with Gasteiger partial charge >= 0.3 is 0 Å². The Kier molecular flexibility index (Phi) is 5.47. The molecule has 0 unspecified atom stereocenters. The number of amides is 1. The highest BCUT2D eigenvalue weighted by atomic mass is 16.5. The van der Waals surface area contributed by atoms with Crippen LogP contribution in [0.2, 0.25) is 0 Å². The van der Waals surface area contributed by atoms with Crippen LogP contribution < -0.4 is 9.47 Å². The van der Waals surface area contributed by atoms with E-state index in [1.54, 1.807) is 25.3 Å². The first kappa shape index (κ1) is 18.3. The molecule has 0 N–H and O–H groups in total. The summed E-state index contributed by atoms with van der Waals surface area (Å²) in [6, 6.07) is 15.3. The van der Waals surface area contributed by atoms with E-state index in [0.29, 0.717) is 43.4 Å². The molecule has 26 heavy (non-hydrogen) atoms. The lowest BCUT2D eigenvalue weighted by atomic mass is 10.0. The van der Waals surface area contributed by atoms with E-state index in [-0.39, 0.29) is 11.4 Å². The summed E-state index contributed by atoms with van der Waals surface area (Å²) in [7, 11) is 1.58. The quantitative estimate of drug-likeness (QED) is 0.823. The zero-order chi connectivity index (χ0) is 18.6. The molecule has 0 atom stereocenters. The smallest absolute Gasteiger partial charge is 0.254 e. The molecular formula is C21H25NO4. The number of carbonyl (C=O) groups is 1. The van der Waals surface area contributed by atoms with Gasteiger partial charge in [0.05, 0.1) is 25.9 Å². The number of carbonyl (C=O) groups excluding carboxylic acids is 1. The Hall–Kier alpha value is -2.53. The van der Waals surface area contributed by atoms with Gasteiger partial charge in [-0.1, -0.05) is 30.3 Å². The first-order valence-corrected chi connectivity index (χ1v) is 8.76. The van der Waals surface area contributed by atoms with Gasteiger partial charge in [-0.3, -0.25) is 4.79 Å². The van der Waals surface area contributed by atoms with Crippen LogP contribution in [0, 0.1) is 0 Å². The molecule has 0 aliphatic carbocycles. The maximum absolute atomic E-state index is 12.9. The van der Waals surface area contributed by atoms with Crippen molar-refractivity contribution in [2.24, 2.45) is 0 Å². The van der Waals surface area contributed by atoms with E-state index in [1.165, 1.54) is 0 Å². The number of methoxy groups -OCH3 is 1. The molecule has 1 fully saturated rings. The average molecular weight is 355 g/mol. The van der Waals surface area contributed by atoms with Gasteiger partial charge in [-0.2, -0.15) is 0 Å². The Morgan fingerprint density at radius 3 is 2.62 bits per heavy atom. The molecule has 1 aliphatic heterocycles. The maximum atomic E-state index is 12.9. The first-order valence-electron chi connectivity index (χ1n) is 8.76. The van der Waals surface area contributed by atoms with Crippen molar-refractivity contribution in [1.29, 1.82) is 0 Å². The molecule has 5 nitrogen and oxygen atoms in total. The summed E-state index contributed by atoms with van der Waals surface area (Å²) in [6.45, 7) is 6.15. The van der Waals surface area contributed by atoms with Crippen LogP contribution in [0.4, 0.5) is 0 Å². The van der Waals surface area contributed by atoms with Crippen molar-refractivity contribution in [1.82, 2.24) is 4.90 Å². The molecular weight excluding hydrogens is 330 g/mol. The molecule has 1 heterocycles. The second-order valence-electron chi connectivity index (χ2n) is 6.96. The molecule has 2 aromatic carbocycles. The van der Waals surface area contributed by atoms with Crippen LogP contribution in [-0.4, -0.2) is 43.2 Å². The number of ether oxygens (including phenoxy) is 3. The third-order valence-corrected chi connectivity index (χ3v) is 4.54. The minimum Gasteiger partial charge on any atom is -0.493 e. The van der Waals surface area contributed by atoms with Crippen molar-refractivity contribution in [2.45, 2.75) is 26.0 Å². The molecule has 1 aliphatic rings. The number of nitrogens with zero attached hydrogens (tertiary/aromatic N) is 1. The van der Waals surface area contributed by atoms with Gasteiger partial charge in [-0.05, 0) is 37.6 Å². The van der Waals surface area contributed by atoms with E-state index in [9.17, 15) is 4.79 Å². The largest absolute Gasteiger partial charge is 0.493 e. The zero-order valence-electron chi connectivity index (χ0n) is 15.5. The number of rotatable bonds is 5. The summed E-state index contributed by atoms with van der Waals surface area (Å²) >= 11 is 0. The summed E-state index contributed by atoms with van der Waals surface area (Å²) in [5.74, 6) is 1.15. The maximum Gasteiger partial charge on any atom is 0.254 e. The standard InChI is InChI=1S/C21H25NO4/c1-21(2)15-25-12-11-22(21)20(23)17-9-10-18(19(13-17)24-3)26-14-16-7-5-4-6-8-16/h4-10,13H,11-12,14-15H2,1-3H3. The predicted octanol–water partition coefficient (Wildman–Crippen LogP) is 3.53. The summed E-state index contributed by atoms with van der Waals surface area (Å²) < 4.78 is 16.8. The monoisotopic (exact) mass is 355 g/mol. The Labute approximate surface area is 154 Å². The molecule has 1 saturated heterocycles. The van der Waals surface area contributed by atoms with Gasteiger partial charge in [0.1, 0.15) is 6.61 Å². The summed E-state index contributed by atoms with van der Waals surface area (Å²) in [5.41, 5.74) is 1.33. The molecule has 5 heteroatoms. The molecule has 0 saturated carbocycles. The normalized spacial score (nSPS) is 16.2. The second-order valence-corrected chi connectivity index (χ2v) is 6.96. The van der Waals surface area contributed by atoms with Crippen LogP contribution in [0.3, 0.4) is 0 Å². The Balaban J connectivity index is 1.76. The van der Waals surface area contributed by atoms with Crippen molar-refractivity contribution in [3.8, 4) is 11.5 Å². The van der Waals surface area contributed by atoms with Crippen molar-refractivity contribution in [3.63, 3.8) is 0 Å². The topological polar surface area (TPSA) is 48.0 Å². The van der Waals surface area contributed by atoms with E-state index in [2.05, 4.69) is 0 Å². The van der Waals surface area contributed by atoms with Crippen LogP contribution in [0.25, 0.3) is 0 Å². The highest BCUT2D eigenvalue weighted by Gasteiger charge is 2.34. The Morgan fingerprint density at radius 1 is 1.15 bits per heavy atom. The fraction of sp³-hybridized carbons (Fsp3) is 0.381. The Bertz CT molecular complexity index is 758. The SMILES string of the molecule is COc1cc(C(=O)N2CCOCC2(C)C)ccc1OCc1ccccc1. The Morgan fingerprint density at radius 2 is 1.92 bits per heavy atom. The number of morpholine rings is 1. The molecule has 2 aromatic rings. The molecule has 1 amide bonds. The lowest BCUT2D eigenvalue weighted by molar-refractivity contribution is -0.0370. The number of hydrogen-bond acceptors (Lipinski definition) is 4. The van der Waals surface area contributed by atoms with Crippen LogP contribution in [0.5, 0.6) is 11.5 Å². The summed E-state index contributed by atoms with van der Waals surface area (Å²) in [4.78, 5) is 14.8. The highest BCUT2D eigenvalue weighted by molar-refractivity contribution is 5.95. The lowest BCUT2D eigenvalue weighted by Crippen LogP contribution is -2.55. The summed E-state index contributed by atoms with van der Waals surface area (Å²) in [6.07, 6.45) is 0. The third-order valence-electron chi connectivity index (χ3n) is 4.54. The van der Waals surface area contributed by atoms with Gasteiger partial charge in [-0.25, -0.2) is 0 Å². The predicted molar refractivity (Wildman–Crippen MR) is 99.7 cm³/mol. The highest BCUT2D eigenvalue weighted by Crippen LogP contribution is 2.30. The van der Waals surface area contributed by atoms with Gasteiger partial charge in [0.2, 0.25) is 0 Å². The minimum atomic E-state index is -0.328. The van der Waals surface area contributed by atoms with Crippen molar-refractivity contribution in [3.05, 3.63) is 59.7 Å². The van der Waals surface area contributed by atoms with Crippen molar-refractivity contribution < 1.29 is 19.0 Å². The molecule has 0 bridgehead atoms. The lowest BCUT2D eigenvalue weighted by Gasteiger charge is -2.42. The van der Waals surface area contributed by atoms with Crippen LogP contribution in [-0.2, 0) is 11.3 Å². The van der Waals surface area contributed by atoms with Gasteiger partial charge in [0.25, 0.3) is 5.91 Å². The molecule has 0 aromatic heterocycles. The van der Waals surface area contributed by atoms with Gasteiger partial charge < -0.3 is 19.1 Å². The van der Waals surface area contributed by atoms with E-state index >= 15 is 0 Å². The second kappa shape index (κ2) is 7.79. The van der Waals surface area contributed by atoms with Crippen molar-refractivity contribution in [2.75, 3.05) is 26.9 Å². The number of benzene rings is 2. The first-order chi connectivity index (χ1) is 12.5. The van der Waals surface area contributed by atoms with Gasteiger partial charge in [-0.15, -0.1) is 0 Å². The molecule has 0 spiro atoms. The minimum absolute atomic E-state index is 0.0220. The third kappa shape index (κ3) is 3.99. The molecule has 0 radical (unpaired) electrons.